The highest BCUT2D eigenvalue weighted by atomic mass is 32.2. The average molecular weight is 428 g/mol. The molecule has 3 amide bonds. The van der Waals surface area contributed by atoms with Gasteiger partial charge in [0.25, 0.3) is 11.1 Å². The van der Waals surface area contributed by atoms with Crippen LogP contribution < -0.4 is 4.90 Å². The van der Waals surface area contributed by atoms with Crippen LogP contribution in [-0.2, 0) is 9.59 Å². The van der Waals surface area contributed by atoms with Crippen molar-refractivity contribution in [3.8, 4) is 0 Å². The zero-order chi connectivity index (χ0) is 21.3. The number of piperidine rings is 1. The molecule has 4 rings (SSSR count). The minimum absolute atomic E-state index is 0.142. The molecular formula is C23H29N3O3S. The predicted molar refractivity (Wildman–Crippen MR) is 120 cm³/mol. The number of amides is 3. The molecule has 0 saturated carbocycles. The Kier molecular flexibility index (Phi) is 6.18. The Bertz CT molecular complexity index is 892. The smallest absolute Gasteiger partial charge is 0.294 e. The van der Waals surface area contributed by atoms with E-state index >= 15 is 0 Å². The maximum absolute atomic E-state index is 12.8. The van der Waals surface area contributed by atoms with Gasteiger partial charge in [-0.25, -0.2) is 0 Å². The molecule has 30 heavy (non-hydrogen) atoms. The molecule has 3 aliphatic rings. The van der Waals surface area contributed by atoms with Crippen molar-refractivity contribution in [2.24, 2.45) is 0 Å². The van der Waals surface area contributed by atoms with Crippen LogP contribution in [0.3, 0.4) is 0 Å². The zero-order valence-electron chi connectivity index (χ0n) is 17.7. The topological polar surface area (TPSA) is 60.9 Å². The van der Waals surface area contributed by atoms with Gasteiger partial charge in [-0.3, -0.25) is 19.3 Å². The van der Waals surface area contributed by atoms with E-state index in [4.69, 9.17) is 0 Å². The maximum Gasteiger partial charge on any atom is 0.294 e. The van der Waals surface area contributed by atoms with Crippen molar-refractivity contribution < 1.29 is 14.4 Å². The van der Waals surface area contributed by atoms with Gasteiger partial charge in [-0.2, -0.15) is 0 Å². The number of carbonyl (C=O) groups excluding carboxylic acids is 3. The molecule has 0 spiro atoms. The van der Waals surface area contributed by atoms with Gasteiger partial charge in [0.1, 0.15) is 6.54 Å². The Morgan fingerprint density at radius 3 is 2.57 bits per heavy atom. The van der Waals surface area contributed by atoms with Gasteiger partial charge in [0.15, 0.2) is 0 Å². The SMILES string of the molecule is Cc1cc(N2CCCC2)ccc1/C=C1\SC(=O)N(CC(=O)N2CCCC[C@H]2C)C1=O. The van der Waals surface area contributed by atoms with E-state index in [0.717, 1.165) is 60.1 Å². The lowest BCUT2D eigenvalue weighted by atomic mass is 10.0. The highest BCUT2D eigenvalue weighted by molar-refractivity contribution is 8.18. The van der Waals surface area contributed by atoms with E-state index in [1.807, 2.05) is 19.9 Å². The van der Waals surface area contributed by atoms with Crippen molar-refractivity contribution in [3.63, 3.8) is 0 Å². The quantitative estimate of drug-likeness (QED) is 0.679. The van der Waals surface area contributed by atoms with Crippen molar-refractivity contribution in [1.29, 1.82) is 0 Å². The number of thioether (sulfide) groups is 1. The van der Waals surface area contributed by atoms with Crippen LogP contribution in [0.4, 0.5) is 10.5 Å². The maximum atomic E-state index is 12.8. The summed E-state index contributed by atoms with van der Waals surface area (Å²) in [5, 5.41) is -0.365. The molecule has 1 atom stereocenters. The van der Waals surface area contributed by atoms with Crippen molar-refractivity contribution >= 4 is 40.6 Å². The first kappa shape index (κ1) is 21.0. The number of imide groups is 1. The molecule has 3 saturated heterocycles. The summed E-state index contributed by atoms with van der Waals surface area (Å²) < 4.78 is 0. The summed E-state index contributed by atoms with van der Waals surface area (Å²) in [5.41, 5.74) is 3.21. The molecule has 0 radical (unpaired) electrons. The summed E-state index contributed by atoms with van der Waals surface area (Å²) in [6.45, 7) is 6.76. The number of rotatable bonds is 4. The second kappa shape index (κ2) is 8.84. The minimum Gasteiger partial charge on any atom is -0.372 e. The Morgan fingerprint density at radius 1 is 1.13 bits per heavy atom. The van der Waals surface area contributed by atoms with Gasteiger partial charge in [0.05, 0.1) is 4.91 Å². The van der Waals surface area contributed by atoms with Gasteiger partial charge in [-0.1, -0.05) is 6.07 Å². The van der Waals surface area contributed by atoms with Crippen LogP contribution >= 0.6 is 11.8 Å². The molecule has 6 nitrogen and oxygen atoms in total. The molecule has 0 aliphatic carbocycles. The second-order valence-electron chi connectivity index (χ2n) is 8.43. The first-order valence-corrected chi connectivity index (χ1v) is 11.7. The third-order valence-corrected chi connectivity index (χ3v) is 7.21. The number of aryl methyl sites for hydroxylation is 1. The van der Waals surface area contributed by atoms with Crippen LogP contribution in [0.25, 0.3) is 6.08 Å². The average Bonchev–Trinajstić information content (AvgIpc) is 3.35. The molecule has 160 valence electrons. The first-order valence-electron chi connectivity index (χ1n) is 10.8. The molecule has 3 heterocycles. The summed E-state index contributed by atoms with van der Waals surface area (Å²) in [5.74, 6) is -0.511. The first-order chi connectivity index (χ1) is 14.4. The molecule has 0 N–H and O–H groups in total. The van der Waals surface area contributed by atoms with E-state index in [1.165, 1.54) is 18.5 Å². The normalized spacial score (nSPS) is 23.7. The van der Waals surface area contributed by atoms with Crippen LogP contribution in [0.15, 0.2) is 23.1 Å². The number of hydrogen-bond donors (Lipinski definition) is 0. The number of nitrogens with zero attached hydrogens (tertiary/aromatic N) is 3. The Morgan fingerprint density at radius 2 is 1.87 bits per heavy atom. The summed E-state index contributed by atoms with van der Waals surface area (Å²) in [7, 11) is 0. The van der Waals surface area contributed by atoms with Gasteiger partial charge < -0.3 is 9.80 Å². The number of benzene rings is 1. The Labute approximate surface area is 182 Å². The molecule has 3 aliphatic heterocycles. The Hall–Kier alpha value is -2.28. The van der Waals surface area contributed by atoms with E-state index < -0.39 is 0 Å². The van der Waals surface area contributed by atoms with Crippen LogP contribution in [0.1, 0.15) is 50.2 Å². The van der Waals surface area contributed by atoms with E-state index in [0.29, 0.717) is 11.4 Å². The fraction of sp³-hybridized carbons (Fsp3) is 0.522. The molecule has 1 aromatic rings. The number of likely N-dealkylation sites (tertiary alicyclic amines) is 1. The predicted octanol–water partition coefficient (Wildman–Crippen LogP) is 4.03. The van der Waals surface area contributed by atoms with E-state index in [1.54, 1.807) is 11.0 Å². The Balaban J connectivity index is 1.46. The van der Waals surface area contributed by atoms with Gasteiger partial charge in [0, 0.05) is 31.4 Å². The lowest BCUT2D eigenvalue weighted by molar-refractivity contribution is -0.138. The summed E-state index contributed by atoms with van der Waals surface area (Å²) in [6, 6.07) is 6.40. The fourth-order valence-electron chi connectivity index (χ4n) is 4.47. The van der Waals surface area contributed by atoms with Gasteiger partial charge >= 0.3 is 0 Å². The van der Waals surface area contributed by atoms with Gasteiger partial charge in [-0.15, -0.1) is 0 Å². The third-order valence-electron chi connectivity index (χ3n) is 6.30. The number of carbonyl (C=O) groups is 3. The molecule has 0 unspecified atom stereocenters. The summed E-state index contributed by atoms with van der Waals surface area (Å²) in [4.78, 5) is 43.6. The summed E-state index contributed by atoms with van der Waals surface area (Å²) in [6.07, 6.45) is 7.30. The van der Waals surface area contributed by atoms with Crippen molar-refractivity contribution in [3.05, 3.63) is 34.2 Å². The van der Waals surface area contributed by atoms with E-state index in [9.17, 15) is 14.4 Å². The lowest BCUT2D eigenvalue weighted by Crippen LogP contribution is -2.47. The van der Waals surface area contributed by atoms with Crippen molar-refractivity contribution in [2.75, 3.05) is 31.1 Å². The highest BCUT2D eigenvalue weighted by Gasteiger charge is 2.38. The molecular weight excluding hydrogens is 398 g/mol. The molecule has 7 heteroatoms. The van der Waals surface area contributed by atoms with Crippen LogP contribution in [0.5, 0.6) is 0 Å². The van der Waals surface area contributed by atoms with Crippen molar-refractivity contribution in [2.45, 2.75) is 52.0 Å². The number of anilines is 1. The molecule has 1 aromatic carbocycles. The van der Waals surface area contributed by atoms with Gasteiger partial charge in [-0.05, 0) is 87.0 Å². The molecule has 0 aromatic heterocycles. The summed E-state index contributed by atoms with van der Waals surface area (Å²) >= 11 is 0.922. The zero-order valence-corrected chi connectivity index (χ0v) is 18.5. The minimum atomic E-state index is -0.369. The lowest BCUT2D eigenvalue weighted by Gasteiger charge is -2.34. The van der Waals surface area contributed by atoms with E-state index in [2.05, 4.69) is 17.0 Å². The third kappa shape index (κ3) is 4.26. The highest BCUT2D eigenvalue weighted by Crippen LogP contribution is 2.33. The molecule has 3 fully saturated rings. The van der Waals surface area contributed by atoms with Crippen LogP contribution in [0, 0.1) is 6.92 Å². The van der Waals surface area contributed by atoms with E-state index in [-0.39, 0.29) is 29.6 Å². The standard InChI is InChI=1S/C23H29N3O3S/c1-16-13-19(24-10-5-6-11-24)9-8-18(16)14-20-22(28)26(23(29)30-20)15-21(27)25-12-4-3-7-17(25)2/h8-9,13-14,17H,3-7,10-12,15H2,1-2H3/b20-14-/t17-/m1/s1. The van der Waals surface area contributed by atoms with Crippen LogP contribution in [-0.4, -0.2) is 59.1 Å². The largest absolute Gasteiger partial charge is 0.372 e. The van der Waals surface area contributed by atoms with Crippen LogP contribution in [0.2, 0.25) is 0 Å². The van der Waals surface area contributed by atoms with Gasteiger partial charge in [0.2, 0.25) is 5.91 Å². The molecule has 0 bridgehead atoms. The number of hydrogen-bond acceptors (Lipinski definition) is 5. The monoisotopic (exact) mass is 427 g/mol. The van der Waals surface area contributed by atoms with Crippen molar-refractivity contribution in [1.82, 2.24) is 9.80 Å². The second-order valence-corrected chi connectivity index (χ2v) is 9.43. The fourth-order valence-corrected chi connectivity index (χ4v) is 5.30.